The molecule has 0 unspecified atom stereocenters. The Bertz CT molecular complexity index is 525. The maximum atomic E-state index is 11.3. The van der Waals surface area contributed by atoms with Crippen molar-refractivity contribution in [3.63, 3.8) is 0 Å². The Morgan fingerprint density at radius 3 is 2.76 bits per heavy atom. The first kappa shape index (κ1) is 11.5. The van der Waals surface area contributed by atoms with E-state index in [1.165, 1.54) is 0 Å². The van der Waals surface area contributed by atoms with Crippen molar-refractivity contribution in [3.05, 3.63) is 36.2 Å². The van der Waals surface area contributed by atoms with Gasteiger partial charge < -0.3 is 5.32 Å². The second-order valence-corrected chi connectivity index (χ2v) is 3.91. The molecule has 0 aliphatic rings. The van der Waals surface area contributed by atoms with Gasteiger partial charge in [0.15, 0.2) is 0 Å². The number of hydrogen-bond donors (Lipinski definition) is 1. The Labute approximate surface area is 100 Å². The number of fused-ring (bicyclic) bond motifs is 1. The normalized spacial score (nSPS) is 10.4. The number of amides is 1. The van der Waals surface area contributed by atoms with Crippen LogP contribution in [-0.2, 0) is 11.3 Å². The minimum absolute atomic E-state index is 0.0896. The van der Waals surface area contributed by atoms with Gasteiger partial charge in [-0.2, -0.15) is 0 Å². The molecule has 0 aliphatic heterocycles. The van der Waals surface area contributed by atoms with Crippen molar-refractivity contribution in [2.45, 2.75) is 26.3 Å². The number of nitrogens with one attached hydrogen (secondary N) is 1. The molecule has 2 aromatic rings. The number of carbonyl (C=O) groups is 1. The van der Waals surface area contributed by atoms with E-state index in [0.29, 0.717) is 13.0 Å². The van der Waals surface area contributed by atoms with Crippen LogP contribution in [-0.4, -0.2) is 15.9 Å². The van der Waals surface area contributed by atoms with Crippen molar-refractivity contribution in [1.29, 1.82) is 0 Å². The van der Waals surface area contributed by atoms with Gasteiger partial charge in [-0.05, 0) is 24.1 Å². The van der Waals surface area contributed by atoms with E-state index in [-0.39, 0.29) is 5.91 Å². The average Bonchev–Trinajstić information content (AvgIpc) is 2.36. The van der Waals surface area contributed by atoms with Gasteiger partial charge in [-0.25, -0.2) is 0 Å². The van der Waals surface area contributed by atoms with Gasteiger partial charge in [0.25, 0.3) is 0 Å². The monoisotopic (exact) mass is 229 g/mol. The summed E-state index contributed by atoms with van der Waals surface area (Å²) in [6, 6.07) is 5.83. The lowest BCUT2D eigenvalue weighted by atomic mass is 10.2. The van der Waals surface area contributed by atoms with Crippen molar-refractivity contribution >= 4 is 16.9 Å². The van der Waals surface area contributed by atoms with Crippen LogP contribution in [0.3, 0.4) is 0 Å². The van der Waals surface area contributed by atoms with Crippen molar-refractivity contribution in [1.82, 2.24) is 15.3 Å². The minimum atomic E-state index is 0.0896. The molecular weight excluding hydrogens is 214 g/mol. The molecule has 0 fully saturated rings. The molecule has 17 heavy (non-hydrogen) atoms. The number of aromatic nitrogens is 2. The third kappa shape index (κ3) is 3.00. The fourth-order valence-corrected chi connectivity index (χ4v) is 1.63. The number of benzene rings is 1. The third-order valence-electron chi connectivity index (χ3n) is 2.50. The maximum absolute atomic E-state index is 11.3. The zero-order chi connectivity index (χ0) is 12.1. The van der Waals surface area contributed by atoms with Gasteiger partial charge in [-0.15, -0.1) is 0 Å². The first-order valence-electron chi connectivity index (χ1n) is 5.76. The second kappa shape index (κ2) is 5.39. The molecule has 1 N–H and O–H groups in total. The van der Waals surface area contributed by atoms with Gasteiger partial charge in [-0.1, -0.05) is 13.0 Å². The minimum Gasteiger partial charge on any atom is -0.352 e. The van der Waals surface area contributed by atoms with Crippen LogP contribution in [0.25, 0.3) is 11.0 Å². The summed E-state index contributed by atoms with van der Waals surface area (Å²) < 4.78 is 0. The predicted molar refractivity (Wildman–Crippen MR) is 66.3 cm³/mol. The molecule has 88 valence electrons. The number of rotatable bonds is 4. The van der Waals surface area contributed by atoms with E-state index in [2.05, 4.69) is 15.3 Å². The van der Waals surface area contributed by atoms with Crippen LogP contribution in [0.2, 0.25) is 0 Å². The van der Waals surface area contributed by atoms with Crippen molar-refractivity contribution in [3.8, 4) is 0 Å². The maximum Gasteiger partial charge on any atom is 0.220 e. The molecule has 0 bridgehead atoms. The largest absolute Gasteiger partial charge is 0.352 e. The van der Waals surface area contributed by atoms with Crippen LogP contribution in [0.4, 0.5) is 0 Å². The van der Waals surface area contributed by atoms with Gasteiger partial charge in [0.1, 0.15) is 0 Å². The molecule has 1 aromatic carbocycles. The first-order valence-corrected chi connectivity index (χ1v) is 5.76. The van der Waals surface area contributed by atoms with E-state index in [0.717, 1.165) is 23.0 Å². The number of nitrogens with zero attached hydrogens (tertiary/aromatic N) is 2. The first-order chi connectivity index (χ1) is 8.29. The van der Waals surface area contributed by atoms with Crippen LogP contribution in [0.5, 0.6) is 0 Å². The lowest BCUT2D eigenvalue weighted by Crippen LogP contribution is -2.22. The Morgan fingerprint density at radius 2 is 2.00 bits per heavy atom. The molecule has 1 aromatic heterocycles. The average molecular weight is 229 g/mol. The molecule has 0 atom stereocenters. The van der Waals surface area contributed by atoms with Crippen LogP contribution < -0.4 is 5.32 Å². The molecule has 0 saturated carbocycles. The third-order valence-corrected chi connectivity index (χ3v) is 2.50. The lowest BCUT2D eigenvalue weighted by molar-refractivity contribution is -0.121. The van der Waals surface area contributed by atoms with E-state index < -0.39 is 0 Å². The Kier molecular flexibility index (Phi) is 3.65. The fraction of sp³-hybridized carbons (Fsp3) is 0.308. The lowest BCUT2D eigenvalue weighted by Gasteiger charge is -2.05. The molecule has 0 saturated heterocycles. The Hall–Kier alpha value is -1.97. The van der Waals surface area contributed by atoms with Crippen molar-refractivity contribution in [2.24, 2.45) is 0 Å². The molecule has 0 spiro atoms. The van der Waals surface area contributed by atoms with E-state index in [4.69, 9.17) is 0 Å². The summed E-state index contributed by atoms with van der Waals surface area (Å²) in [6.45, 7) is 2.54. The molecule has 4 nitrogen and oxygen atoms in total. The van der Waals surface area contributed by atoms with Gasteiger partial charge in [0, 0.05) is 25.4 Å². The zero-order valence-electron chi connectivity index (χ0n) is 9.81. The highest BCUT2D eigenvalue weighted by molar-refractivity contribution is 5.77. The van der Waals surface area contributed by atoms with E-state index in [1.807, 2.05) is 25.1 Å². The smallest absolute Gasteiger partial charge is 0.220 e. The van der Waals surface area contributed by atoms with Crippen LogP contribution in [0.1, 0.15) is 25.3 Å². The predicted octanol–water partition coefficient (Wildman–Crippen LogP) is 2.05. The highest BCUT2D eigenvalue weighted by Crippen LogP contribution is 2.10. The number of hydrogen-bond acceptors (Lipinski definition) is 3. The summed E-state index contributed by atoms with van der Waals surface area (Å²) in [5, 5.41) is 2.88. The van der Waals surface area contributed by atoms with E-state index in [9.17, 15) is 4.79 Å². The summed E-state index contributed by atoms with van der Waals surface area (Å²) in [6.07, 6.45) is 4.79. The Morgan fingerprint density at radius 1 is 1.24 bits per heavy atom. The summed E-state index contributed by atoms with van der Waals surface area (Å²) >= 11 is 0. The molecule has 1 amide bonds. The SMILES string of the molecule is CCCC(=O)NCc1ccc2nccnc2c1. The molecule has 0 radical (unpaired) electrons. The van der Waals surface area contributed by atoms with E-state index >= 15 is 0 Å². The molecule has 1 heterocycles. The van der Waals surface area contributed by atoms with Crippen molar-refractivity contribution < 1.29 is 4.79 Å². The molecule has 2 rings (SSSR count). The van der Waals surface area contributed by atoms with E-state index in [1.54, 1.807) is 12.4 Å². The quantitative estimate of drug-likeness (QED) is 0.873. The summed E-state index contributed by atoms with van der Waals surface area (Å²) in [4.78, 5) is 19.8. The van der Waals surface area contributed by atoms with Gasteiger partial charge >= 0.3 is 0 Å². The van der Waals surface area contributed by atoms with Gasteiger partial charge in [0.05, 0.1) is 11.0 Å². The highest BCUT2D eigenvalue weighted by Gasteiger charge is 2.01. The second-order valence-electron chi connectivity index (χ2n) is 3.91. The highest BCUT2D eigenvalue weighted by atomic mass is 16.1. The fourth-order valence-electron chi connectivity index (χ4n) is 1.63. The molecule has 0 aliphatic carbocycles. The van der Waals surface area contributed by atoms with Gasteiger partial charge in [0.2, 0.25) is 5.91 Å². The summed E-state index contributed by atoms with van der Waals surface area (Å²) in [5.74, 6) is 0.0896. The standard InChI is InChI=1S/C13H15N3O/c1-2-3-13(17)16-9-10-4-5-11-12(8-10)15-7-6-14-11/h4-8H,2-3,9H2,1H3,(H,16,17). The Balaban J connectivity index is 2.06. The van der Waals surface area contributed by atoms with Crippen LogP contribution in [0.15, 0.2) is 30.6 Å². The van der Waals surface area contributed by atoms with Crippen molar-refractivity contribution in [2.75, 3.05) is 0 Å². The zero-order valence-corrected chi connectivity index (χ0v) is 9.81. The summed E-state index contributed by atoms with van der Waals surface area (Å²) in [7, 11) is 0. The van der Waals surface area contributed by atoms with Crippen LogP contribution in [0, 0.1) is 0 Å². The van der Waals surface area contributed by atoms with Crippen LogP contribution >= 0.6 is 0 Å². The number of carbonyl (C=O) groups excluding carboxylic acids is 1. The molecular formula is C13H15N3O. The molecule has 4 heteroatoms. The topological polar surface area (TPSA) is 54.9 Å². The summed E-state index contributed by atoms with van der Waals surface area (Å²) in [5.41, 5.74) is 2.77. The van der Waals surface area contributed by atoms with Gasteiger partial charge in [-0.3, -0.25) is 14.8 Å².